The monoisotopic (exact) mass is 337 g/mol. The third-order valence-electron chi connectivity index (χ3n) is 4.68. The van der Waals surface area contributed by atoms with Gasteiger partial charge in [0, 0.05) is 18.8 Å². The summed E-state index contributed by atoms with van der Waals surface area (Å²) in [5.74, 6) is 6.57. The summed E-state index contributed by atoms with van der Waals surface area (Å²) in [5.41, 5.74) is 1.71. The second-order valence-corrected chi connectivity index (χ2v) is 6.73. The summed E-state index contributed by atoms with van der Waals surface area (Å²) in [7, 11) is 0. The Bertz CT molecular complexity index is 924. The largest absolute Gasteiger partial charge is 0.370 e. The van der Waals surface area contributed by atoms with E-state index in [0.717, 1.165) is 25.2 Å². The number of piperidine rings is 1. The molecule has 1 saturated heterocycles. The van der Waals surface area contributed by atoms with Gasteiger partial charge < -0.3 is 4.90 Å². The zero-order chi connectivity index (χ0) is 16.7. The molecule has 0 N–H and O–H groups in total. The number of fused-ring (bicyclic) bond motifs is 1. The second-order valence-electron chi connectivity index (χ2n) is 6.34. The van der Waals surface area contributed by atoms with E-state index in [4.69, 9.17) is 16.9 Å². The molecule has 2 atom stereocenters. The summed E-state index contributed by atoms with van der Waals surface area (Å²) in [6.45, 7) is 1.59. The summed E-state index contributed by atoms with van der Waals surface area (Å²) in [6.07, 6.45) is 1.05. The standard InChI is InChI=1S/C19H13ClFN3/c20-18-3-1-2-16(23-18)4-5-19-9-14(19)11-24(12-19)17-7-13(10-22)6-15(21)8-17/h1-3,6-8,14H,9,11-12H2. The van der Waals surface area contributed by atoms with Gasteiger partial charge in [-0.3, -0.25) is 0 Å². The molecular weight excluding hydrogens is 325 g/mol. The Morgan fingerprint density at radius 2 is 2.21 bits per heavy atom. The van der Waals surface area contributed by atoms with Crippen LogP contribution < -0.4 is 4.90 Å². The molecule has 2 aromatic rings. The van der Waals surface area contributed by atoms with Gasteiger partial charge in [0.25, 0.3) is 0 Å². The van der Waals surface area contributed by atoms with Crippen LogP contribution in [0.3, 0.4) is 0 Å². The average molecular weight is 338 g/mol. The first-order valence-corrected chi connectivity index (χ1v) is 8.07. The molecular formula is C19H13ClFN3. The molecule has 2 fully saturated rings. The molecule has 2 unspecified atom stereocenters. The van der Waals surface area contributed by atoms with Crippen LogP contribution in [0.2, 0.25) is 5.15 Å². The Morgan fingerprint density at radius 1 is 1.33 bits per heavy atom. The van der Waals surface area contributed by atoms with E-state index in [9.17, 15) is 4.39 Å². The molecule has 2 aliphatic rings. The lowest BCUT2D eigenvalue weighted by Crippen LogP contribution is -2.24. The molecule has 1 saturated carbocycles. The highest BCUT2D eigenvalue weighted by Crippen LogP contribution is 2.58. The fourth-order valence-electron chi connectivity index (χ4n) is 3.36. The van der Waals surface area contributed by atoms with Crippen molar-refractivity contribution in [3.05, 3.63) is 58.6 Å². The zero-order valence-electron chi connectivity index (χ0n) is 12.8. The molecule has 0 amide bonds. The molecule has 1 aromatic carbocycles. The van der Waals surface area contributed by atoms with Gasteiger partial charge in [-0.2, -0.15) is 5.26 Å². The van der Waals surface area contributed by atoms with Crippen LogP contribution in [0, 0.1) is 40.3 Å². The highest BCUT2D eigenvalue weighted by Gasteiger charge is 2.59. The SMILES string of the molecule is N#Cc1cc(F)cc(N2CC3CC3(C#Cc3cccc(Cl)n3)C2)c1. The lowest BCUT2D eigenvalue weighted by atomic mass is 10.1. The molecule has 24 heavy (non-hydrogen) atoms. The Kier molecular flexibility index (Phi) is 3.44. The van der Waals surface area contributed by atoms with Crippen LogP contribution in [0.25, 0.3) is 0 Å². The van der Waals surface area contributed by atoms with E-state index in [1.165, 1.54) is 12.1 Å². The Hall–Kier alpha value is -2.56. The van der Waals surface area contributed by atoms with Gasteiger partial charge in [-0.05, 0) is 48.6 Å². The van der Waals surface area contributed by atoms with Gasteiger partial charge in [0.2, 0.25) is 0 Å². The number of nitriles is 1. The maximum atomic E-state index is 13.7. The van der Waals surface area contributed by atoms with Crippen LogP contribution in [0.15, 0.2) is 36.4 Å². The van der Waals surface area contributed by atoms with Crippen molar-refractivity contribution in [2.24, 2.45) is 11.3 Å². The second kappa shape index (κ2) is 5.51. The van der Waals surface area contributed by atoms with Gasteiger partial charge >= 0.3 is 0 Å². The molecule has 2 heterocycles. The van der Waals surface area contributed by atoms with Crippen molar-refractivity contribution in [2.45, 2.75) is 6.42 Å². The maximum Gasteiger partial charge on any atom is 0.130 e. The molecule has 1 aliphatic heterocycles. The van der Waals surface area contributed by atoms with Crippen LogP contribution in [0.1, 0.15) is 17.7 Å². The third kappa shape index (κ3) is 2.70. The van der Waals surface area contributed by atoms with Gasteiger partial charge in [-0.25, -0.2) is 9.37 Å². The molecule has 118 valence electrons. The van der Waals surface area contributed by atoms with Gasteiger partial charge in [-0.1, -0.05) is 23.6 Å². The number of hydrogen-bond acceptors (Lipinski definition) is 3. The first-order chi connectivity index (χ1) is 11.6. The predicted octanol–water partition coefficient (Wildman–Crippen LogP) is 3.62. The normalized spacial score (nSPS) is 23.9. The summed E-state index contributed by atoms with van der Waals surface area (Å²) in [5, 5.41) is 9.43. The molecule has 0 radical (unpaired) electrons. The van der Waals surface area contributed by atoms with Crippen molar-refractivity contribution >= 4 is 17.3 Å². The predicted molar refractivity (Wildman–Crippen MR) is 90.0 cm³/mol. The zero-order valence-corrected chi connectivity index (χ0v) is 13.5. The lowest BCUT2D eigenvalue weighted by Gasteiger charge is -2.21. The number of halogens is 2. The maximum absolute atomic E-state index is 13.7. The topological polar surface area (TPSA) is 39.9 Å². The van der Waals surface area contributed by atoms with E-state index in [2.05, 4.69) is 21.7 Å². The summed E-state index contributed by atoms with van der Waals surface area (Å²) < 4.78 is 13.7. The van der Waals surface area contributed by atoms with Crippen molar-refractivity contribution in [1.82, 2.24) is 4.98 Å². The van der Waals surface area contributed by atoms with E-state index in [0.29, 0.717) is 22.3 Å². The van der Waals surface area contributed by atoms with E-state index < -0.39 is 0 Å². The number of pyridine rings is 1. The highest BCUT2D eigenvalue weighted by molar-refractivity contribution is 6.29. The number of anilines is 1. The van der Waals surface area contributed by atoms with Crippen molar-refractivity contribution in [2.75, 3.05) is 18.0 Å². The number of benzene rings is 1. The van der Waals surface area contributed by atoms with Crippen LogP contribution in [0.5, 0.6) is 0 Å². The van der Waals surface area contributed by atoms with Crippen molar-refractivity contribution in [3.8, 4) is 17.9 Å². The molecule has 0 bridgehead atoms. The lowest BCUT2D eigenvalue weighted by molar-refractivity contribution is 0.625. The van der Waals surface area contributed by atoms with Crippen molar-refractivity contribution in [1.29, 1.82) is 5.26 Å². The third-order valence-corrected chi connectivity index (χ3v) is 4.89. The molecule has 1 aliphatic carbocycles. The minimum Gasteiger partial charge on any atom is -0.370 e. The Morgan fingerprint density at radius 3 is 3.00 bits per heavy atom. The average Bonchev–Trinajstić information content (AvgIpc) is 3.13. The number of nitrogens with zero attached hydrogens (tertiary/aromatic N) is 3. The Balaban J connectivity index is 1.56. The van der Waals surface area contributed by atoms with Crippen LogP contribution in [0.4, 0.5) is 10.1 Å². The van der Waals surface area contributed by atoms with Crippen molar-refractivity contribution in [3.63, 3.8) is 0 Å². The molecule has 3 nitrogen and oxygen atoms in total. The van der Waals surface area contributed by atoms with E-state index in [1.807, 2.05) is 18.2 Å². The first-order valence-electron chi connectivity index (χ1n) is 7.69. The van der Waals surface area contributed by atoms with Crippen LogP contribution >= 0.6 is 11.6 Å². The van der Waals surface area contributed by atoms with Gasteiger partial charge in [0.15, 0.2) is 0 Å². The van der Waals surface area contributed by atoms with Gasteiger partial charge in [-0.15, -0.1) is 0 Å². The molecule has 0 spiro atoms. The fraction of sp³-hybridized carbons (Fsp3) is 0.263. The minimum atomic E-state index is -0.382. The minimum absolute atomic E-state index is 0.0525. The fourth-order valence-corrected chi connectivity index (χ4v) is 3.53. The first kappa shape index (κ1) is 15.0. The molecule has 1 aromatic heterocycles. The van der Waals surface area contributed by atoms with Gasteiger partial charge in [0.1, 0.15) is 16.7 Å². The quantitative estimate of drug-likeness (QED) is 0.589. The molecule has 4 rings (SSSR count). The van der Waals surface area contributed by atoms with Gasteiger partial charge in [0.05, 0.1) is 17.0 Å². The van der Waals surface area contributed by atoms with E-state index in [-0.39, 0.29) is 11.2 Å². The number of aromatic nitrogens is 1. The summed E-state index contributed by atoms with van der Waals surface area (Å²) in [6, 6.07) is 11.8. The molecule has 5 heteroatoms. The summed E-state index contributed by atoms with van der Waals surface area (Å²) in [4.78, 5) is 6.30. The van der Waals surface area contributed by atoms with Crippen molar-refractivity contribution < 1.29 is 4.39 Å². The van der Waals surface area contributed by atoms with Crippen LogP contribution in [-0.4, -0.2) is 18.1 Å². The smallest absolute Gasteiger partial charge is 0.130 e. The number of rotatable bonds is 1. The number of hydrogen-bond donors (Lipinski definition) is 0. The highest BCUT2D eigenvalue weighted by atomic mass is 35.5. The Labute approximate surface area is 144 Å². The van der Waals surface area contributed by atoms with E-state index in [1.54, 1.807) is 12.1 Å². The summed E-state index contributed by atoms with van der Waals surface area (Å²) >= 11 is 5.88. The van der Waals surface area contributed by atoms with Crippen LogP contribution in [-0.2, 0) is 0 Å². The van der Waals surface area contributed by atoms with E-state index >= 15 is 0 Å².